The Labute approximate surface area is 181 Å². The van der Waals surface area contributed by atoms with Crippen molar-refractivity contribution in [2.45, 2.75) is 45.4 Å². The molecule has 0 heterocycles. The average Bonchev–Trinajstić information content (AvgIpc) is 3.06. The molecule has 3 aromatic carbocycles. The first-order valence-electron chi connectivity index (χ1n) is 11.3. The van der Waals surface area contributed by atoms with Gasteiger partial charge in [-0.15, -0.1) is 0 Å². The van der Waals surface area contributed by atoms with Gasteiger partial charge in [-0.1, -0.05) is 111 Å². The lowest BCUT2D eigenvalue weighted by molar-refractivity contribution is 0.292. The van der Waals surface area contributed by atoms with E-state index in [9.17, 15) is 0 Å². The Morgan fingerprint density at radius 3 is 2.27 bits per heavy atom. The van der Waals surface area contributed by atoms with Crippen LogP contribution in [-0.2, 0) is 11.8 Å². The van der Waals surface area contributed by atoms with E-state index in [0.717, 1.165) is 12.8 Å². The van der Waals surface area contributed by atoms with Crippen LogP contribution in [0.2, 0.25) is 0 Å². The maximum atomic E-state index is 2.52. The van der Waals surface area contributed by atoms with Crippen LogP contribution in [0, 0.1) is 12.3 Å². The summed E-state index contributed by atoms with van der Waals surface area (Å²) in [6, 6.07) is 25.4. The molecule has 0 aliphatic heterocycles. The Morgan fingerprint density at radius 1 is 0.800 bits per heavy atom. The van der Waals surface area contributed by atoms with Gasteiger partial charge in [-0.2, -0.15) is 0 Å². The van der Waals surface area contributed by atoms with E-state index < -0.39 is 0 Å². The third-order valence-corrected chi connectivity index (χ3v) is 7.31. The first-order chi connectivity index (χ1) is 14.6. The Balaban J connectivity index is 1.94. The third-order valence-electron chi connectivity index (χ3n) is 7.31. The molecule has 0 aromatic heterocycles. The molecule has 0 spiro atoms. The zero-order chi connectivity index (χ0) is 20.8. The fourth-order valence-corrected chi connectivity index (χ4v) is 5.98. The zero-order valence-corrected chi connectivity index (χ0v) is 18.3. The van der Waals surface area contributed by atoms with E-state index in [1.165, 1.54) is 45.4 Å². The summed E-state index contributed by atoms with van der Waals surface area (Å²) in [6.07, 6.45) is 12.6. The number of hydrogen-bond donors (Lipinski definition) is 0. The average molecular weight is 391 g/mol. The summed E-state index contributed by atoms with van der Waals surface area (Å²) >= 11 is 0. The Kier molecular flexibility index (Phi) is 4.54. The molecule has 0 saturated carbocycles. The molecule has 5 rings (SSSR count). The summed E-state index contributed by atoms with van der Waals surface area (Å²) < 4.78 is 0. The standard InChI is InChI=1S/C30H30/c1-4-12-23-17-18-25-24-14-7-9-16-27(24)30(28(25)21-23,26-15-8-6-13-22(26)2)29(3)19-10-5-11-20-29/h5-11,13-19,21H,4,12,20H2,1-3H3. The minimum absolute atomic E-state index is 0.0416. The lowest BCUT2D eigenvalue weighted by atomic mass is 9.53. The summed E-state index contributed by atoms with van der Waals surface area (Å²) in [5, 5.41) is 0. The molecule has 2 aliphatic rings. The van der Waals surface area contributed by atoms with Crippen molar-refractivity contribution in [2.24, 2.45) is 5.41 Å². The van der Waals surface area contributed by atoms with Crippen molar-refractivity contribution in [3.63, 3.8) is 0 Å². The van der Waals surface area contributed by atoms with E-state index >= 15 is 0 Å². The molecule has 0 amide bonds. The molecule has 0 N–H and O–H groups in total. The molecule has 2 unspecified atom stereocenters. The van der Waals surface area contributed by atoms with Gasteiger partial charge in [0.15, 0.2) is 0 Å². The predicted molar refractivity (Wildman–Crippen MR) is 128 cm³/mol. The van der Waals surface area contributed by atoms with Gasteiger partial charge in [-0.25, -0.2) is 0 Å². The number of fused-ring (bicyclic) bond motifs is 3. The minimum Gasteiger partial charge on any atom is -0.0836 e. The van der Waals surface area contributed by atoms with Crippen LogP contribution in [0.15, 0.2) is 91.0 Å². The maximum Gasteiger partial charge on any atom is 0.0557 e. The van der Waals surface area contributed by atoms with Gasteiger partial charge in [0.05, 0.1) is 5.41 Å². The molecule has 0 radical (unpaired) electrons. The summed E-state index contributed by atoms with van der Waals surface area (Å²) in [6.45, 7) is 7.00. The molecule has 3 aromatic rings. The second-order valence-corrected chi connectivity index (χ2v) is 9.15. The number of hydrogen-bond acceptors (Lipinski definition) is 0. The van der Waals surface area contributed by atoms with Crippen molar-refractivity contribution < 1.29 is 0 Å². The van der Waals surface area contributed by atoms with Gasteiger partial charge in [0.2, 0.25) is 0 Å². The van der Waals surface area contributed by atoms with Gasteiger partial charge in [-0.3, -0.25) is 0 Å². The quantitative estimate of drug-likeness (QED) is 0.426. The van der Waals surface area contributed by atoms with Crippen LogP contribution in [0.25, 0.3) is 11.1 Å². The van der Waals surface area contributed by atoms with Crippen molar-refractivity contribution in [1.82, 2.24) is 0 Å². The van der Waals surface area contributed by atoms with Gasteiger partial charge in [0.25, 0.3) is 0 Å². The van der Waals surface area contributed by atoms with E-state index in [1.54, 1.807) is 0 Å². The first-order valence-corrected chi connectivity index (χ1v) is 11.3. The fourth-order valence-electron chi connectivity index (χ4n) is 5.98. The SMILES string of the molecule is CCCc1ccc2c(c1)C(c1ccccc1C)(C1(C)C=CC=CC1)c1ccccc1-2. The number of rotatable bonds is 4. The first kappa shape index (κ1) is 19.1. The van der Waals surface area contributed by atoms with Crippen molar-refractivity contribution in [2.75, 3.05) is 0 Å². The minimum atomic E-state index is -0.199. The van der Waals surface area contributed by atoms with Crippen LogP contribution in [0.1, 0.15) is 54.5 Å². The van der Waals surface area contributed by atoms with E-state index in [-0.39, 0.29) is 10.8 Å². The molecule has 150 valence electrons. The molecule has 30 heavy (non-hydrogen) atoms. The maximum absolute atomic E-state index is 2.52. The number of benzene rings is 3. The highest BCUT2D eigenvalue weighted by Gasteiger charge is 2.55. The fraction of sp³-hybridized carbons (Fsp3) is 0.267. The van der Waals surface area contributed by atoms with E-state index in [1.807, 2.05) is 0 Å². The molecule has 0 bridgehead atoms. The summed E-state index contributed by atoms with van der Waals surface area (Å²) in [5.41, 5.74) is 9.73. The van der Waals surface area contributed by atoms with Gasteiger partial charge in [0.1, 0.15) is 0 Å². The van der Waals surface area contributed by atoms with Gasteiger partial charge < -0.3 is 0 Å². The van der Waals surface area contributed by atoms with Crippen LogP contribution in [-0.4, -0.2) is 0 Å². The molecule has 0 nitrogen and oxygen atoms in total. The molecule has 2 aliphatic carbocycles. The van der Waals surface area contributed by atoms with E-state index in [0.29, 0.717) is 0 Å². The van der Waals surface area contributed by atoms with Crippen molar-refractivity contribution in [3.8, 4) is 11.1 Å². The van der Waals surface area contributed by atoms with Crippen molar-refractivity contribution in [1.29, 1.82) is 0 Å². The molecule has 2 atom stereocenters. The predicted octanol–water partition coefficient (Wildman–Crippen LogP) is 7.78. The highest BCUT2D eigenvalue weighted by atomic mass is 14.6. The summed E-state index contributed by atoms with van der Waals surface area (Å²) in [4.78, 5) is 0. The van der Waals surface area contributed by atoms with Crippen LogP contribution >= 0.6 is 0 Å². The third kappa shape index (κ3) is 2.53. The topological polar surface area (TPSA) is 0 Å². The molecule has 0 fully saturated rings. The van der Waals surface area contributed by atoms with E-state index in [2.05, 4.69) is 112 Å². The van der Waals surface area contributed by atoms with Crippen molar-refractivity contribution >= 4 is 0 Å². The second-order valence-electron chi connectivity index (χ2n) is 9.15. The Bertz CT molecular complexity index is 1160. The normalized spacial score (nSPS) is 24.0. The lowest BCUT2D eigenvalue weighted by Crippen LogP contribution is -2.44. The van der Waals surface area contributed by atoms with Crippen molar-refractivity contribution in [3.05, 3.63) is 119 Å². The molecular weight excluding hydrogens is 360 g/mol. The monoisotopic (exact) mass is 390 g/mol. The van der Waals surface area contributed by atoms with Crippen LogP contribution in [0.5, 0.6) is 0 Å². The molecule has 0 saturated heterocycles. The van der Waals surface area contributed by atoms with Crippen LogP contribution in [0.4, 0.5) is 0 Å². The van der Waals surface area contributed by atoms with Gasteiger partial charge >= 0.3 is 0 Å². The summed E-state index contributed by atoms with van der Waals surface area (Å²) in [5.74, 6) is 0. The van der Waals surface area contributed by atoms with Gasteiger partial charge in [-0.05, 0) is 58.7 Å². The largest absolute Gasteiger partial charge is 0.0836 e. The highest BCUT2D eigenvalue weighted by molar-refractivity contribution is 5.85. The zero-order valence-electron chi connectivity index (χ0n) is 18.3. The second kappa shape index (κ2) is 7.13. The van der Waals surface area contributed by atoms with E-state index in [4.69, 9.17) is 0 Å². The van der Waals surface area contributed by atoms with Crippen LogP contribution < -0.4 is 0 Å². The molecular formula is C30H30. The number of aryl methyl sites for hydroxylation is 2. The highest BCUT2D eigenvalue weighted by Crippen LogP contribution is 2.63. The number of allylic oxidation sites excluding steroid dienone is 4. The van der Waals surface area contributed by atoms with Gasteiger partial charge in [0, 0.05) is 5.41 Å². The summed E-state index contributed by atoms with van der Waals surface area (Å²) in [7, 11) is 0. The Morgan fingerprint density at radius 2 is 1.53 bits per heavy atom. The van der Waals surface area contributed by atoms with Crippen LogP contribution in [0.3, 0.4) is 0 Å². The smallest absolute Gasteiger partial charge is 0.0557 e. The Hall–Kier alpha value is -2.86. The molecule has 0 heteroatoms. The lowest BCUT2D eigenvalue weighted by Gasteiger charge is -2.48.